The molecule has 1 heterocycles. The van der Waals surface area contributed by atoms with Crippen molar-refractivity contribution < 1.29 is 9.18 Å². The fourth-order valence-electron chi connectivity index (χ4n) is 3.22. The first-order valence-electron chi connectivity index (χ1n) is 8.40. The number of fused-ring (bicyclic) bond motifs is 1. The van der Waals surface area contributed by atoms with Crippen LogP contribution >= 0.6 is 0 Å². The second-order valence-corrected chi connectivity index (χ2v) is 6.48. The van der Waals surface area contributed by atoms with Crippen LogP contribution in [0.15, 0.2) is 48.5 Å². The normalized spacial score (nSPS) is 17.3. The van der Waals surface area contributed by atoms with Crippen molar-refractivity contribution in [1.82, 2.24) is 10.2 Å². The molecule has 0 radical (unpaired) electrons. The number of aryl methyl sites for hydroxylation is 1. The molecule has 126 valence electrons. The molecule has 0 aliphatic carbocycles. The number of carbonyl (C=O) groups excluding carboxylic acids is 1. The summed E-state index contributed by atoms with van der Waals surface area (Å²) in [4.78, 5) is 14.4. The first kappa shape index (κ1) is 16.7. The van der Waals surface area contributed by atoms with E-state index >= 15 is 0 Å². The van der Waals surface area contributed by atoms with Gasteiger partial charge >= 0.3 is 0 Å². The van der Waals surface area contributed by atoms with Crippen LogP contribution in [-0.4, -0.2) is 30.4 Å². The van der Waals surface area contributed by atoms with Gasteiger partial charge in [-0.3, -0.25) is 9.69 Å². The van der Waals surface area contributed by atoms with Crippen LogP contribution in [0.3, 0.4) is 0 Å². The van der Waals surface area contributed by atoms with Gasteiger partial charge in [-0.2, -0.15) is 0 Å². The Balaban J connectivity index is 1.48. The molecular formula is C20H23FN2O. The number of rotatable bonds is 5. The summed E-state index contributed by atoms with van der Waals surface area (Å²) in [7, 11) is 2.10. The fraction of sp³-hybridized carbons (Fsp3) is 0.350. The predicted octanol–water partition coefficient (Wildman–Crippen LogP) is 2.93. The molecule has 0 aromatic heterocycles. The third-order valence-corrected chi connectivity index (χ3v) is 4.68. The van der Waals surface area contributed by atoms with Gasteiger partial charge in [0.2, 0.25) is 5.91 Å². The number of likely N-dealkylation sites (N-methyl/N-ethyl adjacent to an activating group) is 1. The second-order valence-electron chi connectivity index (χ2n) is 6.48. The highest BCUT2D eigenvalue weighted by molar-refractivity contribution is 5.76. The fourth-order valence-corrected chi connectivity index (χ4v) is 3.22. The topological polar surface area (TPSA) is 32.3 Å². The molecule has 4 heteroatoms. The zero-order chi connectivity index (χ0) is 16.9. The number of hydrogen-bond donors (Lipinski definition) is 1. The van der Waals surface area contributed by atoms with Crippen LogP contribution in [0.1, 0.15) is 23.1 Å². The van der Waals surface area contributed by atoms with E-state index < -0.39 is 0 Å². The summed E-state index contributed by atoms with van der Waals surface area (Å²) in [5.41, 5.74) is 3.59. The van der Waals surface area contributed by atoms with Crippen molar-refractivity contribution >= 4 is 5.91 Å². The minimum atomic E-state index is -0.254. The molecule has 1 atom stereocenters. The molecule has 0 unspecified atom stereocenters. The van der Waals surface area contributed by atoms with E-state index in [1.54, 1.807) is 6.07 Å². The van der Waals surface area contributed by atoms with Gasteiger partial charge in [0.15, 0.2) is 0 Å². The minimum Gasteiger partial charge on any atom is -0.355 e. The molecule has 2 aromatic carbocycles. The van der Waals surface area contributed by atoms with Gasteiger partial charge in [-0.25, -0.2) is 4.39 Å². The van der Waals surface area contributed by atoms with Crippen LogP contribution in [0, 0.1) is 5.82 Å². The molecule has 2 aromatic rings. The molecule has 0 fully saturated rings. The quantitative estimate of drug-likeness (QED) is 0.916. The van der Waals surface area contributed by atoms with Gasteiger partial charge in [-0.15, -0.1) is 0 Å². The molecular weight excluding hydrogens is 303 g/mol. The third-order valence-electron chi connectivity index (χ3n) is 4.68. The SMILES string of the molecule is CN1Cc2ccccc2C[C@H]1CNC(=O)CCc1cccc(F)c1. The Morgan fingerprint density at radius 2 is 2.00 bits per heavy atom. The van der Waals surface area contributed by atoms with Crippen LogP contribution in [0.5, 0.6) is 0 Å². The molecule has 3 nitrogen and oxygen atoms in total. The summed E-state index contributed by atoms with van der Waals surface area (Å²) in [5, 5.41) is 3.02. The van der Waals surface area contributed by atoms with E-state index in [4.69, 9.17) is 0 Å². The highest BCUT2D eigenvalue weighted by Gasteiger charge is 2.23. The van der Waals surface area contributed by atoms with Gasteiger partial charge in [0.1, 0.15) is 5.82 Å². The number of carbonyl (C=O) groups is 1. The van der Waals surface area contributed by atoms with E-state index in [9.17, 15) is 9.18 Å². The van der Waals surface area contributed by atoms with Gasteiger partial charge in [0.25, 0.3) is 0 Å². The van der Waals surface area contributed by atoms with Crippen molar-refractivity contribution in [2.45, 2.75) is 31.8 Å². The number of amides is 1. The second kappa shape index (κ2) is 7.58. The van der Waals surface area contributed by atoms with Crippen LogP contribution in [-0.2, 0) is 24.2 Å². The van der Waals surface area contributed by atoms with E-state index in [2.05, 4.69) is 41.5 Å². The molecule has 0 bridgehead atoms. The Labute approximate surface area is 142 Å². The predicted molar refractivity (Wildman–Crippen MR) is 93.1 cm³/mol. The third kappa shape index (κ3) is 4.20. The summed E-state index contributed by atoms with van der Waals surface area (Å²) >= 11 is 0. The number of nitrogens with zero attached hydrogens (tertiary/aromatic N) is 1. The number of hydrogen-bond acceptors (Lipinski definition) is 2. The lowest BCUT2D eigenvalue weighted by atomic mass is 9.94. The lowest BCUT2D eigenvalue weighted by molar-refractivity contribution is -0.121. The molecule has 1 aliphatic heterocycles. The molecule has 1 amide bonds. The molecule has 0 spiro atoms. The van der Waals surface area contributed by atoms with Crippen LogP contribution in [0.2, 0.25) is 0 Å². The van der Waals surface area contributed by atoms with E-state index in [1.807, 2.05) is 6.07 Å². The summed E-state index contributed by atoms with van der Waals surface area (Å²) in [6.45, 7) is 1.56. The number of nitrogens with one attached hydrogen (secondary N) is 1. The summed E-state index contributed by atoms with van der Waals surface area (Å²) in [6.07, 6.45) is 1.90. The maximum Gasteiger partial charge on any atom is 0.220 e. The smallest absolute Gasteiger partial charge is 0.220 e. The number of benzene rings is 2. The highest BCUT2D eigenvalue weighted by atomic mass is 19.1. The molecule has 3 rings (SSSR count). The van der Waals surface area contributed by atoms with E-state index in [0.717, 1.165) is 18.5 Å². The van der Waals surface area contributed by atoms with E-state index in [0.29, 0.717) is 25.4 Å². The largest absolute Gasteiger partial charge is 0.355 e. The van der Waals surface area contributed by atoms with Crippen molar-refractivity contribution in [2.24, 2.45) is 0 Å². The van der Waals surface area contributed by atoms with Crippen LogP contribution in [0.4, 0.5) is 4.39 Å². The Kier molecular flexibility index (Phi) is 5.26. The minimum absolute atomic E-state index is 0.0199. The Morgan fingerprint density at radius 1 is 1.21 bits per heavy atom. The van der Waals surface area contributed by atoms with Crippen molar-refractivity contribution in [1.29, 1.82) is 0 Å². The van der Waals surface area contributed by atoms with E-state index in [-0.39, 0.29) is 11.7 Å². The van der Waals surface area contributed by atoms with E-state index in [1.165, 1.54) is 23.3 Å². The highest BCUT2D eigenvalue weighted by Crippen LogP contribution is 2.21. The van der Waals surface area contributed by atoms with Crippen LogP contribution in [0.25, 0.3) is 0 Å². The first-order chi connectivity index (χ1) is 11.6. The zero-order valence-electron chi connectivity index (χ0n) is 14.0. The standard InChI is InChI=1S/C20H23FN2O/c1-23-14-17-7-3-2-6-16(17)12-19(23)13-22-20(24)10-9-15-5-4-8-18(21)11-15/h2-8,11,19H,9-10,12-14H2,1H3,(H,22,24)/t19-/m0/s1. The lowest BCUT2D eigenvalue weighted by Gasteiger charge is -2.34. The summed E-state index contributed by atoms with van der Waals surface area (Å²) < 4.78 is 13.1. The van der Waals surface area contributed by atoms with Gasteiger partial charge in [0, 0.05) is 25.6 Å². The lowest BCUT2D eigenvalue weighted by Crippen LogP contribution is -2.45. The molecule has 1 N–H and O–H groups in total. The average molecular weight is 326 g/mol. The number of halogens is 1. The van der Waals surface area contributed by atoms with Crippen molar-refractivity contribution in [3.63, 3.8) is 0 Å². The van der Waals surface area contributed by atoms with Gasteiger partial charge in [-0.1, -0.05) is 36.4 Å². The van der Waals surface area contributed by atoms with Crippen LogP contribution < -0.4 is 5.32 Å². The molecule has 0 saturated heterocycles. The van der Waals surface area contributed by atoms with Crippen molar-refractivity contribution in [3.05, 3.63) is 71.0 Å². The average Bonchev–Trinajstić information content (AvgIpc) is 2.58. The first-order valence-corrected chi connectivity index (χ1v) is 8.40. The molecule has 0 saturated carbocycles. The monoisotopic (exact) mass is 326 g/mol. The van der Waals surface area contributed by atoms with Gasteiger partial charge < -0.3 is 5.32 Å². The van der Waals surface area contributed by atoms with Gasteiger partial charge in [0.05, 0.1) is 0 Å². The van der Waals surface area contributed by atoms with Crippen molar-refractivity contribution in [2.75, 3.05) is 13.6 Å². The summed E-state index contributed by atoms with van der Waals surface area (Å²) in [5.74, 6) is -0.234. The van der Waals surface area contributed by atoms with Gasteiger partial charge in [-0.05, 0) is 48.7 Å². The Hall–Kier alpha value is -2.20. The van der Waals surface area contributed by atoms with Crippen molar-refractivity contribution in [3.8, 4) is 0 Å². The molecule has 1 aliphatic rings. The molecule has 24 heavy (non-hydrogen) atoms. The zero-order valence-corrected chi connectivity index (χ0v) is 14.0. The maximum absolute atomic E-state index is 13.1. The Morgan fingerprint density at radius 3 is 2.79 bits per heavy atom. The summed E-state index contributed by atoms with van der Waals surface area (Å²) in [6, 6.07) is 15.2. The maximum atomic E-state index is 13.1. The Bertz CT molecular complexity index is 716.